The minimum atomic E-state index is -0.948. The number of alkyl halides is 1. The van der Waals surface area contributed by atoms with Gasteiger partial charge in [0.25, 0.3) is 0 Å². The van der Waals surface area contributed by atoms with E-state index in [0.717, 1.165) is 26.2 Å². The van der Waals surface area contributed by atoms with E-state index in [-0.39, 0.29) is 11.8 Å². The molecule has 0 aromatic heterocycles. The number of likely N-dealkylation sites (tertiary alicyclic amines) is 1. The molecule has 2 bridgehead atoms. The molecule has 2 aliphatic rings. The molecule has 2 rings (SSSR count). The number of halogens is 1. The maximum Gasteiger partial charge on any atom is 0.118 e. The van der Waals surface area contributed by atoms with Gasteiger partial charge in [0.2, 0.25) is 0 Å². The second-order valence-electron chi connectivity index (χ2n) is 5.25. The summed E-state index contributed by atoms with van der Waals surface area (Å²) < 4.78 is 14.4. The summed E-state index contributed by atoms with van der Waals surface area (Å²) in [6, 6.07) is 0.550. The highest BCUT2D eigenvalue weighted by molar-refractivity contribution is 5.01. The first-order valence-electron chi connectivity index (χ1n) is 5.65. The van der Waals surface area contributed by atoms with Crippen LogP contribution in [0.1, 0.15) is 20.8 Å². The summed E-state index contributed by atoms with van der Waals surface area (Å²) in [6.45, 7) is 9.69. The summed E-state index contributed by atoms with van der Waals surface area (Å²) in [5.74, 6) is 0.356. The van der Waals surface area contributed by atoms with E-state index in [1.807, 2.05) is 0 Å². The van der Waals surface area contributed by atoms with Crippen LogP contribution in [-0.4, -0.2) is 42.8 Å². The predicted molar refractivity (Wildman–Crippen MR) is 56.1 cm³/mol. The summed E-state index contributed by atoms with van der Waals surface area (Å²) >= 11 is 0. The molecule has 2 heterocycles. The van der Waals surface area contributed by atoms with Gasteiger partial charge in [0.1, 0.15) is 5.67 Å². The van der Waals surface area contributed by atoms with E-state index in [4.69, 9.17) is 0 Å². The Morgan fingerprint density at radius 3 is 2.21 bits per heavy atom. The number of hydrogen-bond acceptors (Lipinski definition) is 2. The Bertz CT molecular complexity index is 199. The Morgan fingerprint density at radius 1 is 1.29 bits per heavy atom. The van der Waals surface area contributed by atoms with Gasteiger partial charge in [-0.05, 0) is 20.8 Å². The van der Waals surface area contributed by atoms with Crippen LogP contribution in [0, 0.1) is 11.8 Å². The van der Waals surface area contributed by atoms with E-state index >= 15 is 0 Å². The Balaban J connectivity index is 2.12. The zero-order chi connectivity index (χ0) is 10.3. The van der Waals surface area contributed by atoms with Crippen molar-refractivity contribution in [3.8, 4) is 0 Å². The quantitative estimate of drug-likeness (QED) is 0.686. The molecule has 2 unspecified atom stereocenters. The minimum Gasteiger partial charge on any atom is -0.316 e. The van der Waals surface area contributed by atoms with E-state index in [1.54, 1.807) is 6.92 Å². The third-order valence-corrected chi connectivity index (χ3v) is 4.02. The molecule has 14 heavy (non-hydrogen) atoms. The molecule has 0 saturated carbocycles. The fourth-order valence-corrected chi connectivity index (χ4v) is 2.71. The highest BCUT2D eigenvalue weighted by atomic mass is 19.1. The van der Waals surface area contributed by atoms with Gasteiger partial charge < -0.3 is 10.2 Å². The van der Waals surface area contributed by atoms with Gasteiger partial charge in [0.05, 0.1) is 0 Å². The summed E-state index contributed by atoms with van der Waals surface area (Å²) in [4.78, 5) is 2.41. The minimum absolute atomic E-state index is 0.178. The smallest absolute Gasteiger partial charge is 0.118 e. The van der Waals surface area contributed by atoms with E-state index in [0.29, 0.717) is 6.04 Å². The van der Waals surface area contributed by atoms with Crippen molar-refractivity contribution in [3.05, 3.63) is 0 Å². The van der Waals surface area contributed by atoms with Gasteiger partial charge in [0, 0.05) is 44.1 Å². The number of piperidine rings is 2. The average molecular weight is 200 g/mol. The second-order valence-corrected chi connectivity index (χ2v) is 5.25. The summed E-state index contributed by atoms with van der Waals surface area (Å²) in [6.07, 6.45) is 0. The summed E-state index contributed by atoms with van der Waals surface area (Å²) in [5.41, 5.74) is -0.948. The van der Waals surface area contributed by atoms with Crippen molar-refractivity contribution < 1.29 is 4.39 Å². The van der Waals surface area contributed by atoms with E-state index in [9.17, 15) is 4.39 Å². The van der Waals surface area contributed by atoms with Crippen molar-refractivity contribution in [2.75, 3.05) is 26.2 Å². The lowest BCUT2D eigenvalue weighted by atomic mass is 9.73. The molecular weight excluding hydrogens is 179 g/mol. The molecule has 2 atom stereocenters. The van der Waals surface area contributed by atoms with E-state index in [1.165, 1.54) is 0 Å². The highest BCUT2D eigenvalue weighted by Gasteiger charge is 2.49. The molecule has 82 valence electrons. The maximum atomic E-state index is 14.4. The van der Waals surface area contributed by atoms with Crippen molar-refractivity contribution in [2.24, 2.45) is 11.8 Å². The van der Waals surface area contributed by atoms with Crippen LogP contribution in [0.5, 0.6) is 0 Å². The van der Waals surface area contributed by atoms with Gasteiger partial charge in [-0.3, -0.25) is 0 Å². The normalized spacial score (nSPS) is 44.4. The number of nitrogens with zero attached hydrogens (tertiary/aromatic N) is 1. The standard InChI is InChI=1S/C11H21FN2/c1-8(2)14-6-9-4-13-5-10(7-14)11(9,3)12/h8-10,13H,4-7H2,1-3H3. The molecule has 3 heteroatoms. The predicted octanol–water partition coefficient (Wildman–Crippen LogP) is 1.27. The molecule has 2 aliphatic heterocycles. The van der Waals surface area contributed by atoms with Crippen LogP contribution in [-0.2, 0) is 0 Å². The van der Waals surface area contributed by atoms with Crippen LogP contribution < -0.4 is 5.32 Å². The zero-order valence-corrected chi connectivity index (χ0v) is 9.39. The Kier molecular flexibility index (Phi) is 2.56. The van der Waals surface area contributed by atoms with Crippen LogP contribution in [0.25, 0.3) is 0 Å². The van der Waals surface area contributed by atoms with Crippen molar-refractivity contribution >= 4 is 0 Å². The third-order valence-electron chi connectivity index (χ3n) is 4.02. The third kappa shape index (κ3) is 1.57. The van der Waals surface area contributed by atoms with Gasteiger partial charge in [-0.25, -0.2) is 4.39 Å². The first-order chi connectivity index (χ1) is 6.51. The first kappa shape index (κ1) is 10.4. The van der Waals surface area contributed by atoms with Crippen molar-refractivity contribution in [3.63, 3.8) is 0 Å². The lowest BCUT2D eigenvalue weighted by Gasteiger charge is -2.51. The molecule has 1 N–H and O–H groups in total. The molecule has 2 nitrogen and oxygen atoms in total. The molecule has 2 saturated heterocycles. The van der Waals surface area contributed by atoms with Gasteiger partial charge in [-0.15, -0.1) is 0 Å². The van der Waals surface area contributed by atoms with Crippen molar-refractivity contribution in [2.45, 2.75) is 32.5 Å². The van der Waals surface area contributed by atoms with Crippen LogP contribution in [0.15, 0.2) is 0 Å². The van der Waals surface area contributed by atoms with Gasteiger partial charge >= 0.3 is 0 Å². The molecule has 0 aliphatic carbocycles. The fraction of sp³-hybridized carbons (Fsp3) is 1.00. The molecule has 0 spiro atoms. The lowest BCUT2D eigenvalue weighted by Crippen LogP contribution is -2.64. The highest BCUT2D eigenvalue weighted by Crippen LogP contribution is 2.38. The van der Waals surface area contributed by atoms with Crippen LogP contribution in [0.4, 0.5) is 4.39 Å². The number of fused-ring (bicyclic) bond motifs is 2. The average Bonchev–Trinajstić information content (AvgIpc) is 2.00. The largest absolute Gasteiger partial charge is 0.316 e. The number of rotatable bonds is 1. The van der Waals surface area contributed by atoms with Gasteiger partial charge in [-0.2, -0.15) is 0 Å². The summed E-state index contributed by atoms with van der Waals surface area (Å²) in [7, 11) is 0. The van der Waals surface area contributed by atoms with Gasteiger partial charge in [-0.1, -0.05) is 0 Å². The zero-order valence-electron chi connectivity index (χ0n) is 9.39. The Morgan fingerprint density at radius 2 is 1.79 bits per heavy atom. The molecule has 0 aromatic rings. The number of nitrogens with one attached hydrogen (secondary N) is 1. The topological polar surface area (TPSA) is 15.3 Å². The molecule has 0 radical (unpaired) electrons. The number of hydrogen-bond donors (Lipinski definition) is 1. The second kappa shape index (κ2) is 3.46. The van der Waals surface area contributed by atoms with Crippen LogP contribution >= 0.6 is 0 Å². The van der Waals surface area contributed by atoms with Crippen molar-refractivity contribution in [1.29, 1.82) is 0 Å². The SMILES string of the molecule is CC(C)N1CC2CNCC(C1)C2(C)F. The lowest BCUT2D eigenvalue weighted by molar-refractivity contribution is -0.0693. The monoisotopic (exact) mass is 200 g/mol. The molecule has 2 fully saturated rings. The van der Waals surface area contributed by atoms with Crippen LogP contribution in [0.3, 0.4) is 0 Å². The fourth-order valence-electron chi connectivity index (χ4n) is 2.71. The van der Waals surface area contributed by atoms with Crippen molar-refractivity contribution in [1.82, 2.24) is 10.2 Å². The maximum absolute atomic E-state index is 14.4. The first-order valence-corrected chi connectivity index (χ1v) is 5.65. The van der Waals surface area contributed by atoms with Gasteiger partial charge in [0.15, 0.2) is 0 Å². The Labute approximate surface area is 85.9 Å². The van der Waals surface area contributed by atoms with E-state index < -0.39 is 5.67 Å². The molecular formula is C11H21FN2. The summed E-state index contributed by atoms with van der Waals surface area (Å²) in [5, 5.41) is 3.34. The molecule has 0 amide bonds. The Hall–Kier alpha value is -0.150. The van der Waals surface area contributed by atoms with E-state index in [2.05, 4.69) is 24.1 Å². The van der Waals surface area contributed by atoms with Crippen LogP contribution in [0.2, 0.25) is 0 Å². The molecule has 0 aromatic carbocycles.